The highest BCUT2D eigenvalue weighted by Gasteiger charge is 2.47. The van der Waals surface area contributed by atoms with E-state index in [1.54, 1.807) is 0 Å². The largest absolute Gasteiger partial charge is 0.145 e. The first-order valence-electron chi connectivity index (χ1n) is 7.42. The molecule has 0 atom stereocenters. The van der Waals surface area contributed by atoms with Crippen LogP contribution in [0.3, 0.4) is 0 Å². The molecule has 1 aliphatic rings. The van der Waals surface area contributed by atoms with E-state index in [-0.39, 0.29) is 0 Å². The van der Waals surface area contributed by atoms with Crippen molar-refractivity contribution in [2.75, 3.05) is 0 Å². The van der Waals surface area contributed by atoms with Crippen molar-refractivity contribution in [3.63, 3.8) is 0 Å². The van der Waals surface area contributed by atoms with Gasteiger partial charge in [0.05, 0.1) is 0 Å². The summed E-state index contributed by atoms with van der Waals surface area (Å²) in [5.74, 6) is 0. The van der Waals surface area contributed by atoms with Gasteiger partial charge in [0, 0.05) is 0 Å². The van der Waals surface area contributed by atoms with E-state index in [1.165, 1.54) is 30.1 Å². The Morgan fingerprint density at radius 3 is 1.78 bits per heavy atom. The van der Waals surface area contributed by atoms with Gasteiger partial charge in [-0.1, -0.05) is 77.1 Å². The molecule has 0 saturated carbocycles. The summed E-state index contributed by atoms with van der Waals surface area (Å²) in [6.07, 6.45) is 5.14. The lowest BCUT2D eigenvalue weighted by molar-refractivity contribution is 0.177. The molecule has 18 heavy (non-hydrogen) atoms. The zero-order valence-corrected chi connectivity index (χ0v) is 12.7. The van der Waals surface area contributed by atoms with Crippen molar-refractivity contribution in [1.82, 2.24) is 0 Å². The monoisotopic (exact) mass is 242 g/mol. The lowest BCUT2D eigenvalue weighted by Crippen LogP contribution is -2.24. The first-order valence-corrected chi connectivity index (χ1v) is 7.42. The molecule has 0 bridgehead atoms. The van der Waals surface area contributed by atoms with Gasteiger partial charge < -0.3 is 0 Å². The third-order valence-corrected chi connectivity index (χ3v) is 5.39. The predicted octanol–water partition coefficient (Wildman–Crippen LogP) is 4.89. The normalized spacial score (nSPS) is 21.3. The van der Waals surface area contributed by atoms with Crippen LogP contribution < -0.4 is 0 Å². The Hall–Kier alpha value is -0.715. The maximum absolute atomic E-state index is 2.44. The predicted molar refractivity (Wildman–Crippen MR) is 82.5 cm³/mol. The van der Waals surface area contributed by atoms with Gasteiger partial charge in [0.15, 0.2) is 0 Å². The van der Waals surface area contributed by atoms with Crippen LogP contribution >= 0.6 is 0 Å². The molecular formula is C17H27B. The van der Waals surface area contributed by atoms with Crippen molar-refractivity contribution in [2.24, 2.45) is 10.8 Å². The average Bonchev–Trinajstić information content (AvgIpc) is 2.48. The zero-order chi connectivity index (χ0) is 13.4. The van der Waals surface area contributed by atoms with Crippen LogP contribution in [0, 0.1) is 10.8 Å². The van der Waals surface area contributed by atoms with Gasteiger partial charge in [-0.2, -0.15) is 0 Å². The van der Waals surface area contributed by atoms with Crippen LogP contribution in [-0.4, -0.2) is 6.71 Å². The Kier molecular flexibility index (Phi) is 3.62. The van der Waals surface area contributed by atoms with Crippen molar-refractivity contribution in [3.8, 4) is 0 Å². The van der Waals surface area contributed by atoms with Gasteiger partial charge >= 0.3 is 0 Å². The van der Waals surface area contributed by atoms with E-state index in [0.717, 1.165) is 13.1 Å². The summed E-state index contributed by atoms with van der Waals surface area (Å²) in [6.45, 7) is 12.8. The molecule has 2 rings (SSSR count). The number of hydrogen-bond acceptors (Lipinski definition) is 0. The van der Waals surface area contributed by atoms with Crippen molar-refractivity contribution in [2.45, 2.75) is 60.0 Å². The second kappa shape index (κ2) is 4.76. The summed E-state index contributed by atoms with van der Waals surface area (Å²) in [5.41, 5.74) is 3.94. The van der Waals surface area contributed by atoms with Crippen molar-refractivity contribution < 1.29 is 0 Å². The molecule has 1 fully saturated rings. The maximum atomic E-state index is 2.44. The molecule has 1 heteroatoms. The van der Waals surface area contributed by atoms with Gasteiger partial charge in [-0.25, -0.2) is 0 Å². The molecule has 1 heterocycles. The summed E-state index contributed by atoms with van der Waals surface area (Å²) in [5, 5.41) is 0. The molecule has 0 radical (unpaired) electrons. The van der Waals surface area contributed by atoms with Crippen molar-refractivity contribution in [1.29, 1.82) is 0 Å². The molecule has 1 saturated heterocycles. The van der Waals surface area contributed by atoms with E-state index in [2.05, 4.69) is 58.9 Å². The highest BCUT2D eigenvalue weighted by Crippen LogP contribution is 2.53. The number of benzene rings is 1. The van der Waals surface area contributed by atoms with Gasteiger partial charge in [-0.15, -0.1) is 0 Å². The fourth-order valence-electron chi connectivity index (χ4n) is 3.46. The van der Waals surface area contributed by atoms with E-state index >= 15 is 0 Å². The van der Waals surface area contributed by atoms with Gasteiger partial charge in [0.25, 0.3) is 0 Å². The topological polar surface area (TPSA) is 0 Å². The Labute approximate surface area is 113 Å². The number of hydrogen-bond donors (Lipinski definition) is 0. The zero-order valence-electron chi connectivity index (χ0n) is 12.7. The molecule has 1 aliphatic heterocycles. The lowest BCUT2D eigenvalue weighted by Gasteiger charge is -2.35. The van der Waals surface area contributed by atoms with E-state index < -0.39 is 0 Å². The second-order valence-corrected chi connectivity index (χ2v) is 7.42. The Morgan fingerprint density at radius 1 is 0.889 bits per heavy atom. The smallest absolute Gasteiger partial charge is 0.0682 e. The highest BCUT2D eigenvalue weighted by molar-refractivity contribution is 6.59. The summed E-state index contributed by atoms with van der Waals surface area (Å²) in [6, 6.07) is 9.25. The van der Waals surface area contributed by atoms with Crippen LogP contribution in [0.2, 0.25) is 12.6 Å². The van der Waals surface area contributed by atoms with Gasteiger partial charge in [0.2, 0.25) is 0 Å². The Morgan fingerprint density at radius 2 is 1.33 bits per heavy atom. The van der Waals surface area contributed by atoms with E-state index in [4.69, 9.17) is 0 Å². The molecule has 1 aromatic carbocycles. The minimum absolute atomic E-state index is 0.487. The number of rotatable bonds is 3. The summed E-state index contributed by atoms with van der Waals surface area (Å²) < 4.78 is 0. The van der Waals surface area contributed by atoms with E-state index in [1.807, 2.05) is 0 Å². The first kappa shape index (κ1) is 13.7. The summed E-state index contributed by atoms with van der Waals surface area (Å²) >= 11 is 0. The molecule has 0 amide bonds. The molecule has 98 valence electrons. The van der Waals surface area contributed by atoms with Gasteiger partial charge in [-0.05, 0) is 29.1 Å². The third kappa shape index (κ3) is 2.65. The summed E-state index contributed by atoms with van der Waals surface area (Å²) in [7, 11) is 0. The molecule has 0 N–H and O–H groups in total. The van der Waals surface area contributed by atoms with Crippen LogP contribution in [0.25, 0.3) is 0 Å². The number of aryl methyl sites for hydroxylation is 1. The standard InChI is InChI=1S/C17H27B/c1-6-14-7-9-15(10-8-14)11-18-12-16(2,3)17(4,5)13-18/h7-10H,6,11-13H2,1-5H3. The molecule has 1 aromatic rings. The molecule has 0 unspecified atom stereocenters. The maximum Gasteiger partial charge on any atom is 0.145 e. The van der Waals surface area contributed by atoms with E-state index in [0.29, 0.717) is 10.8 Å². The Balaban J connectivity index is 2.03. The van der Waals surface area contributed by atoms with Crippen LogP contribution in [0.15, 0.2) is 24.3 Å². The summed E-state index contributed by atoms with van der Waals surface area (Å²) in [4.78, 5) is 0. The fraction of sp³-hybridized carbons (Fsp3) is 0.647. The highest BCUT2D eigenvalue weighted by atomic mass is 14.4. The molecular weight excluding hydrogens is 215 g/mol. The van der Waals surface area contributed by atoms with E-state index in [9.17, 15) is 0 Å². The quantitative estimate of drug-likeness (QED) is 0.662. The van der Waals surface area contributed by atoms with Crippen LogP contribution in [0.1, 0.15) is 45.7 Å². The van der Waals surface area contributed by atoms with Crippen molar-refractivity contribution >= 4 is 6.71 Å². The molecule has 0 nitrogen and oxygen atoms in total. The first-order chi connectivity index (χ1) is 8.34. The van der Waals surface area contributed by atoms with Gasteiger partial charge in [0.1, 0.15) is 6.71 Å². The Bertz CT molecular complexity index is 384. The fourth-order valence-corrected chi connectivity index (χ4v) is 3.46. The van der Waals surface area contributed by atoms with Crippen molar-refractivity contribution in [3.05, 3.63) is 35.4 Å². The second-order valence-electron chi connectivity index (χ2n) is 7.42. The van der Waals surface area contributed by atoms with Crippen LogP contribution in [0.4, 0.5) is 0 Å². The molecule has 0 aliphatic carbocycles. The third-order valence-electron chi connectivity index (χ3n) is 5.39. The SMILES string of the molecule is CCc1ccc(CB2CC(C)(C)C(C)(C)C2)cc1. The minimum atomic E-state index is 0.487. The molecule has 0 spiro atoms. The van der Waals surface area contributed by atoms with Gasteiger partial charge in [-0.3, -0.25) is 0 Å². The van der Waals surface area contributed by atoms with Crippen LogP contribution in [-0.2, 0) is 12.7 Å². The minimum Gasteiger partial charge on any atom is -0.0682 e. The molecule has 0 aromatic heterocycles. The van der Waals surface area contributed by atoms with Crippen LogP contribution in [0.5, 0.6) is 0 Å². The average molecular weight is 242 g/mol. The lowest BCUT2D eigenvalue weighted by atomic mass is 9.43.